The molecule has 0 spiro atoms. The van der Waals surface area contributed by atoms with Crippen LogP contribution in [-0.2, 0) is 4.79 Å². The largest absolute Gasteiger partial charge is 0.299 e. The van der Waals surface area contributed by atoms with Gasteiger partial charge in [-0.25, -0.2) is 4.98 Å². The van der Waals surface area contributed by atoms with Crippen LogP contribution < -0.4 is 0 Å². The molecule has 1 heterocycles. The third kappa shape index (κ3) is 2.29. The number of hydrogen-bond acceptors (Lipinski definition) is 2. The van der Waals surface area contributed by atoms with Gasteiger partial charge in [0.2, 0.25) is 5.95 Å². The van der Waals surface area contributed by atoms with E-state index in [2.05, 4.69) is 4.98 Å². The second-order valence-corrected chi connectivity index (χ2v) is 1.91. The standard InChI is InChI=1S/C8H6FNO/c9-8-4-3-7(6-10-8)2-1-5-11/h1-6H. The van der Waals surface area contributed by atoms with Crippen LogP contribution in [0.15, 0.2) is 24.4 Å². The SMILES string of the molecule is O=CC=Cc1ccc(F)nc1. The van der Waals surface area contributed by atoms with Gasteiger partial charge in [0.25, 0.3) is 0 Å². The second kappa shape index (κ2) is 3.61. The van der Waals surface area contributed by atoms with Crippen LogP contribution in [0.4, 0.5) is 4.39 Å². The summed E-state index contributed by atoms with van der Waals surface area (Å²) in [6.45, 7) is 0. The minimum Gasteiger partial charge on any atom is -0.299 e. The molecule has 0 aromatic carbocycles. The van der Waals surface area contributed by atoms with Crippen LogP contribution in [0.2, 0.25) is 0 Å². The first-order valence-electron chi connectivity index (χ1n) is 3.06. The van der Waals surface area contributed by atoms with E-state index in [0.717, 1.165) is 0 Å². The Labute approximate surface area is 63.4 Å². The lowest BCUT2D eigenvalue weighted by atomic mass is 10.3. The summed E-state index contributed by atoms with van der Waals surface area (Å²) in [6.07, 6.45) is 4.90. The Kier molecular flexibility index (Phi) is 2.49. The summed E-state index contributed by atoms with van der Waals surface area (Å²) in [5, 5.41) is 0. The number of allylic oxidation sites excluding steroid dienone is 1. The van der Waals surface area contributed by atoms with Gasteiger partial charge in [-0.2, -0.15) is 4.39 Å². The maximum Gasteiger partial charge on any atom is 0.212 e. The molecule has 0 fully saturated rings. The fourth-order valence-corrected chi connectivity index (χ4v) is 0.636. The molecule has 0 amide bonds. The molecule has 1 rings (SSSR count). The average Bonchev–Trinajstić information content (AvgIpc) is 2.04. The van der Waals surface area contributed by atoms with Gasteiger partial charge in [-0.3, -0.25) is 4.79 Å². The topological polar surface area (TPSA) is 30.0 Å². The van der Waals surface area contributed by atoms with Gasteiger partial charge < -0.3 is 0 Å². The van der Waals surface area contributed by atoms with E-state index >= 15 is 0 Å². The zero-order valence-electron chi connectivity index (χ0n) is 5.70. The van der Waals surface area contributed by atoms with Crippen LogP contribution in [0.25, 0.3) is 6.08 Å². The Bertz CT molecular complexity index is 266. The molecule has 0 aliphatic rings. The van der Waals surface area contributed by atoms with Gasteiger partial charge in [-0.1, -0.05) is 6.08 Å². The molecular formula is C8H6FNO. The highest BCUT2D eigenvalue weighted by Gasteiger charge is 1.88. The molecule has 0 atom stereocenters. The molecule has 0 bridgehead atoms. The summed E-state index contributed by atoms with van der Waals surface area (Å²) in [5.74, 6) is -0.520. The molecule has 56 valence electrons. The fraction of sp³-hybridized carbons (Fsp3) is 0. The molecule has 1 aromatic rings. The van der Waals surface area contributed by atoms with E-state index in [9.17, 15) is 9.18 Å². The minimum atomic E-state index is -0.520. The predicted molar refractivity (Wildman–Crippen MR) is 39.3 cm³/mol. The highest BCUT2D eigenvalue weighted by atomic mass is 19.1. The van der Waals surface area contributed by atoms with Gasteiger partial charge in [0.05, 0.1) is 0 Å². The van der Waals surface area contributed by atoms with E-state index in [4.69, 9.17) is 0 Å². The Morgan fingerprint density at radius 2 is 2.27 bits per heavy atom. The van der Waals surface area contributed by atoms with Crippen molar-refractivity contribution in [3.63, 3.8) is 0 Å². The van der Waals surface area contributed by atoms with Gasteiger partial charge in [0, 0.05) is 6.20 Å². The minimum absolute atomic E-state index is 0.520. The summed E-state index contributed by atoms with van der Waals surface area (Å²) in [6, 6.07) is 2.78. The van der Waals surface area contributed by atoms with E-state index in [0.29, 0.717) is 11.8 Å². The fourth-order valence-electron chi connectivity index (χ4n) is 0.636. The number of pyridine rings is 1. The highest BCUT2D eigenvalue weighted by molar-refractivity contribution is 5.73. The van der Waals surface area contributed by atoms with Crippen LogP contribution in [0.1, 0.15) is 5.56 Å². The number of aromatic nitrogens is 1. The van der Waals surface area contributed by atoms with Gasteiger partial charge in [-0.15, -0.1) is 0 Å². The zero-order chi connectivity index (χ0) is 8.10. The van der Waals surface area contributed by atoms with Crippen molar-refractivity contribution in [2.75, 3.05) is 0 Å². The van der Waals surface area contributed by atoms with Crippen molar-refractivity contribution in [3.05, 3.63) is 35.9 Å². The third-order valence-electron chi connectivity index (χ3n) is 1.12. The Balaban J connectivity index is 2.81. The molecule has 3 heteroatoms. The number of nitrogens with zero attached hydrogens (tertiary/aromatic N) is 1. The smallest absolute Gasteiger partial charge is 0.212 e. The lowest BCUT2D eigenvalue weighted by molar-refractivity contribution is -0.104. The molecule has 11 heavy (non-hydrogen) atoms. The highest BCUT2D eigenvalue weighted by Crippen LogP contribution is 1.99. The third-order valence-corrected chi connectivity index (χ3v) is 1.12. The van der Waals surface area contributed by atoms with Gasteiger partial charge in [0.1, 0.15) is 6.29 Å². The Morgan fingerprint density at radius 1 is 1.45 bits per heavy atom. The maximum atomic E-state index is 12.2. The maximum absolute atomic E-state index is 12.2. The summed E-state index contributed by atoms with van der Waals surface area (Å²) in [5.41, 5.74) is 0.707. The summed E-state index contributed by atoms with van der Waals surface area (Å²) >= 11 is 0. The molecule has 0 saturated heterocycles. The van der Waals surface area contributed by atoms with Gasteiger partial charge >= 0.3 is 0 Å². The molecule has 0 aliphatic carbocycles. The molecule has 0 radical (unpaired) electrons. The monoisotopic (exact) mass is 151 g/mol. The van der Waals surface area contributed by atoms with Crippen molar-refractivity contribution in [2.45, 2.75) is 0 Å². The number of carbonyl (C=O) groups is 1. The van der Waals surface area contributed by atoms with Crippen LogP contribution in [-0.4, -0.2) is 11.3 Å². The first-order valence-corrected chi connectivity index (χ1v) is 3.06. The van der Waals surface area contributed by atoms with E-state index in [1.54, 1.807) is 12.1 Å². The molecule has 0 aliphatic heterocycles. The Hall–Kier alpha value is -1.51. The molecule has 1 aromatic heterocycles. The van der Waals surface area contributed by atoms with Crippen molar-refractivity contribution < 1.29 is 9.18 Å². The number of hydrogen-bond donors (Lipinski definition) is 0. The Morgan fingerprint density at radius 3 is 2.82 bits per heavy atom. The first kappa shape index (κ1) is 7.60. The summed E-state index contributed by atoms with van der Waals surface area (Å²) < 4.78 is 12.2. The molecule has 2 nitrogen and oxygen atoms in total. The number of halogens is 1. The average molecular weight is 151 g/mol. The van der Waals surface area contributed by atoms with Gasteiger partial charge in [-0.05, 0) is 23.8 Å². The van der Waals surface area contributed by atoms with Gasteiger partial charge in [0.15, 0.2) is 0 Å². The quantitative estimate of drug-likeness (QED) is 0.363. The van der Waals surface area contributed by atoms with E-state index < -0.39 is 5.95 Å². The summed E-state index contributed by atoms with van der Waals surface area (Å²) in [7, 11) is 0. The second-order valence-electron chi connectivity index (χ2n) is 1.91. The molecule has 0 saturated carbocycles. The molecule has 0 N–H and O–H groups in total. The first-order chi connectivity index (χ1) is 5.33. The molecule has 0 unspecified atom stereocenters. The van der Waals surface area contributed by atoms with Crippen LogP contribution in [0, 0.1) is 5.95 Å². The lowest BCUT2D eigenvalue weighted by Crippen LogP contribution is -1.80. The summed E-state index contributed by atoms with van der Waals surface area (Å²) in [4.78, 5) is 13.3. The number of carbonyl (C=O) groups excluding carboxylic acids is 1. The van der Waals surface area contributed by atoms with Crippen molar-refractivity contribution in [3.8, 4) is 0 Å². The van der Waals surface area contributed by atoms with Crippen molar-refractivity contribution in [1.29, 1.82) is 0 Å². The van der Waals surface area contributed by atoms with Crippen molar-refractivity contribution in [2.24, 2.45) is 0 Å². The van der Waals surface area contributed by atoms with Crippen LogP contribution in [0.5, 0.6) is 0 Å². The number of aldehydes is 1. The molecular weight excluding hydrogens is 145 g/mol. The van der Waals surface area contributed by atoms with Crippen LogP contribution >= 0.6 is 0 Å². The lowest BCUT2D eigenvalue weighted by Gasteiger charge is -1.89. The predicted octanol–water partition coefficient (Wildman–Crippen LogP) is 1.43. The van der Waals surface area contributed by atoms with E-state index in [1.807, 2.05) is 0 Å². The van der Waals surface area contributed by atoms with E-state index in [1.165, 1.54) is 18.3 Å². The normalized spacial score (nSPS) is 10.3. The van der Waals surface area contributed by atoms with Crippen molar-refractivity contribution >= 4 is 12.4 Å². The van der Waals surface area contributed by atoms with Crippen molar-refractivity contribution in [1.82, 2.24) is 4.98 Å². The zero-order valence-corrected chi connectivity index (χ0v) is 5.70. The number of rotatable bonds is 2. The van der Waals surface area contributed by atoms with Crippen LogP contribution in [0.3, 0.4) is 0 Å². The van der Waals surface area contributed by atoms with E-state index in [-0.39, 0.29) is 0 Å².